The molecule has 1 aromatic rings. The minimum absolute atomic E-state index is 0.307. The summed E-state index contributed by atoms with van der Waals surface area (Å²) in [5, 5.41) is 13.4. The number of esters is 1. The Kier molecular flexibility index (Phi) is 6.62. The van der Waals surface area contributed by atoms with Gasteiger partial charge < -0.3 is 0 Å². The third kappa shape index (κ3) is 5.14. The SMILES string of the molecule is C[C@H](NCC(C#N)(C[SeH])c1ccccc1)C(=O)OC(C)(C)C. The van der Waals surface area contributed by atoms with Crippen molar-refractivity contribution in [2.45, 2.75) is 50.1 Å². The second-order valence-corrected chi connectivity index (χ2v) is 7.02. The number of nitrogens with zero attached hydrogens (tertiary/aromatic N) is 1. The van der Waals surface area contributed by atoms with Gasteiger partial charge in [0.15, 0.2) is 0 Å². The summed E-state index contributed by atoms with van der Waals surface area (Å²) in [5.41, 5.74) is -0.236. The van der Waals surface area contributed by atoms with E-state index < -0.39 is 17.1 Å². The van der Waals surface area contributed by atoms with Crippen LogP contribution in [0.5, 0.6) is 0 Å². The number of rotatable bonds is 6. The number of nitrogens with one attached hydrogen (secondary N) is 1. The van der Waals surface area contributed by atoms with Crippen LogP contribution in [0.3, 0.4) is 0 Å². The second-order valence-electron chi connectivity index (χ2n) is 6.35. The molecule has 0 saturated carbocycles. The van der Waals surface area contributed by atoms with Crippen molar-refractivity contribution in [1.82, 2.24) is 5.32 Å². The van der Waals surface area contributed by atoms with Crippen LogP contribution in [0, 0.1) is 11.3 Å². The molecule has 0 bridgehead atoms. The number of hydrogen-bond donors (Lipinski definition) is 1. The zero-order valence-corrected chi connectivity index (χ0v) is 15.5. The maximum absolute atomic E-state index is 12.0. The van der Waals surface area contributed by atoms with E-state index in [2.05, 4.69) is 27.4 Å². The molecule has 0 aliphatic carbocycles. The van der Waals surface area contributed by atoms with E-state index in [1.807, 2.05) is 51.1 Å². The summed E-state index contributed by atoms with van der Waals surface area (Å²) in [7, 11) is 0. The van der Waals surface area contributed by atoms with Gasteiger partial charge in [0.1, 0.15) is 0 Å². The van der Waals surface area contributed by atoms with Gasteiger partial charge in [0.25, 0.3) is 0 Å². The van der Waals surface area contributed by atoms with Gasteiger partial charge in [0.05, 0.1) is 0 Å². The van der Waals surface area contributed by atoms with E-state index in [0.29, 0.717) is 11.9 Å². The summed E-state index contributed by atoms with van der Waals surface area (Å²) in [6, 6.07) is 11.6. The van der Waals surface area contributed by atoms with Crippen LogP contribution in [-0.4, -0.2) is 40.2 Å². The van der Waals surface area contributed by atoms with Crippen molar-refractivity contribution in [1.29, 1.82) is 5.26 Å². The van der Waals surface area contributed by atoms with Gasteiger partial charge in [-0.25, -0.2) is 0 Å². The number of ether oxygens (including phenoxy) is 1. The van der Waals surface area contributed by atoms with E-state index in [-0.39, 0.29) is 5.97 Å². The van der Waals surface area contributed by atoms with Crippen LogP contribution in [0.2, 0.25) is 5.32 Å². The van der Waals surface area contributed by atoms with Crippen LogP contribution >= 0.6 is 0 Å². The molecule has 5 heteroatoms. The molecule has 0 fully saturated rings. The summed E-state index contributed by atoms with van der Waals surface area (Å²) < 4.78 is 5.35. The molecule has 0 aliphatic rings. The molecule has 22 heavy (non-hydrogen) atoms. The van der Waals surface area contributed by atoms with Crippen LogP contribution < -0.4 is 5.32 Å². The summed E-state index contributed by atoms with van der Waals surface area (Å²) in [6.45, 7) is 7.66. The van der Waals surface area contributed by atoms with Crippen LogP contribution in [0.15, 0.2) is 30.3 Å². The Balaban J connectivity index is 2.78. The fraction of sp³-hybridized carbons (Fsp3) is 0.529. The van der Waals surface area contributed by atoms with Crippen molar-refractivity contribution in [2.24, 2.45) is 0 Å². The van der Waals surface area contributed by atoms with Crippen molar-refractivity contribution in [3.63, 3.8) is 0 Å². The number of carbonyl (C=O) groups excluding carboxylic acids is 1. The van der Waals surface area contributed by atoms with E-state index in [1.165, 1.54) is 0 Å². The van der Waals surface area contributed by atoms with Gasteiger partial charge in [-0.1, -0.05) is 0 Å². The van der Waals surface area contributed by atoms with E-state index in [0.717, 1.165) is 5.56 Å². The zero-order valence-electron chi connectivity index (χ0n) is 13.6. The molecule has 0 aliphatic heterocycles. The van der Waals surface area contributed by atoms with Crippen LogP contribution in [0.1, 0.15) is 33.3 Å². The summed E-state index contributed by atoms with van der Waals surface area (Å²) in [6.07, 6.45) is 0. The quantitative estimate of drug-likeness (QED) is 0.618. The Morgan fingerprint density at radius 2 is 1.95 bits per heavy atom. The topological polar surface area (TPSA) is 62.1 Å². The fourth-order valence-electron chi connectivity index (χ4n) is 1.95. The molecule has 1 unspecified atom stereocenters. The summed E-state index contributed by atoms with van der Waals surface area (Å²) >= 11 is 2.46. The van der Waals surface area contributed by atoms with Crippen molar-refractivity contribution in [3.8, 4) is 6.07 Å². The van der Waals surface area contributed by atoms with Gasteiger partial charge in [0, 0.05) is 0 Å². The molecule has 0 amide bonds. The third-order valence-electron chi connectivity index (χ3n) is 3.28. The van der Waals surface area contributed by atoms with Gasteiger partial charge in [-0.05, 0) is 0 Å². The Bertz CT molecular complexity index is 534. The molecule has 0 saturated heterocycles. The molecule has 0 aromatic heterocycles. The molecule has 4 nitrogen and oxygen atoms in total. The Morgan fingerprint density at radius 3 is 2.41 bits per heavy atom. The molecule has 1 rings (SSSR count). The first-order chi connectivity index (χ1) is 10.2. The standard InChI is InChI=1S/C17H24N2O2Se/c1-13(15(20)21-16(2,3)4)19-11-17(10-18,12-22)14-8-6-5-7-9-14/h5-9,13,19,22H,11-12H2,1-4H3/t13-,17?/m0/s1. The number of nitriles is 1. The average molecular weight is 367 g/mol. The van der Waals surface area contributed by atoms with E-state index >= 15 is 0 Å². The van der Waals surface area contributed by atoms with E-state index in [4.69, 9.17) is 4.74 Å². The van der Waals surface area contributed by atoms with Gasteiger partial charge in [-0.2, -0.15) is 0 Å². The molecule has 2 atom stereocenters. The van der Waals surface area contributed by atoms with Crippen molar-refractivity contribution in [3.05, 3.63) is 35.9 Å². The van der Waals surface area contributed by atoms with E-state index in [1.54, 1.807) is 6.92 Å². The number of benzene rings is 1. The summed E-state index contributed by atoms with van der Waals surface area (Å²) in [4.78, 5) is 12.0. The normalized spacial score (nSPS) is 15.5. The first-order valence-electron chi connectivity index (χ1n) is 7.28. The zero-order chi connectivity index (χ0) is 16.8. The Hall–Kier alpha value is -1.34. The molecule has 0 radical (unpaired) electrons. The maximum atomic E-state index is 12.0. The van der Waals surface area contributed by atoms with Crippen LogP contribution in [-0.2, 0) is 14.9 Å². The fourth-order valence-corrected chi connectivity index (χ4v) is 2.71. The monoisotopic (exact) mass is 368 g/mol. The first-order valence-corrected chi connectivity index (χ1v) is 8.61. The predicted molar refractivity (Wildman–Crippen MR) is 89.0 cm³/mol. The Morgan fingerprint density at radius 1 is 1.36 bits per heavy atom. The molecular weight excluding hydrogens is 343 g/mol. The van der Waals surface area contributed by atoms with Crippen LogP contribution in [0.25, 0.3) is 0 Å². The minimum atomic E-state index is -0.669. The van der Waals surface area contributed by atoms with Gasteiger partial charge in [-0.3, -0.25) is 0 Å². The third-order valence-corrected chi connectivity index (χ3v) is 4.41. The number of carbonyl (C=O) groups is 1. The number of hydrogen-bond acceptors (Lipinski definition) is 4. The molecule has 0 spiro atoms. The van der Waals surface area contributed by atoms with Gasteiger partial charge in [0.2, 0.25) is 0 Å². The average Bonchev–Trinajstić information content (AvgIpc) is 2.48. The molecule has 120 valence electrons. The molecule has 0 heterocycles. The van der Waals surface area contributed by atoms with Gasteiger partial charge >= 0.3 is 141 Å². The molecule has 1 aromatic carbocycles. The van der Waals surface area contributed by atoms with Crippen molar-refractivity contribution < 1.29 is 9.53 Å². The van der Waals surface area contributed by atoms with Crippen LogP contribution in [0.4, 0.5) is 0 Å². The molecular formula is C17H24N2O2Se. The van der Waals surface area contributed by atoms with Crippen molar-refractivity contribution in [2.75, 3.05) is 6.54 Å². The van der Waals surface area contributed by atoms with Gasteiger partial charge in [-0.15, -0.1) is 0 Å². The van der Waals surface area contributed by atoms with Crippen molar-refractivity contribution >= 4 is 22.0 Å². The second kappa shape index (κ2) is 7.78. The summed E-state index contributed by atoms with van der Waals surface area (Å²) in [5.74, 6) is -0.307. The first kappa shape index (κ1) is 18.7. The molecule has 1 N–H and O–H groups in total. The van der Waals surface area contributed by atoms with E-state index in [9.17, 15) is 10.1 Å². The Labute approximate surface area is 141 Å². The predicted octanol–water partition coefficient (Wildman–Crippen LogP) is 2.09.